The van der Waals surface area contributed by atoms with Gasteiger partial charge < -0.3 is 9.64 Å². The van der Waals surface area contributed by atoms with Crippen LogP contribution in [0, 0.1) is 5.82 Å². The first-order valence-electron chi connectivity index (χ1n) is 8.30. The van der Waals surface area contributed by atoms with Crippen molar-refractivity contribution in [1.82, 2.24) is 4.90 Å². The summed E-state index contributed by atoms with van der Waals surface area (Å²) < 4.78 is 18.9. The smallest absolute Gasteiger partial charge is 0.264 e. The van der Waals surface area contributed by atoms with Gasteiger partial charge in [-0.25, -0.2) is 4.39 Å². The Kier molecular flexibility index (Phi) is 5.31. The minimum atomic E-state index is -0.247. The van der Waals surface area contributed by atoms with Crippen molar-refractivity contribution in [2.24, 2.45) is 0 Å². The van der Waals surface area contributed by atoms with E-state index in [0.29, 0.717) is 6.61 Å². The fraction of sp³-hybridized carbons (Fsp3) is 0.421. The molecule has 1 aromatic carbocycles. The van der Waals surface area contributed by atoms with E-state index in [4.69, 9.17) is 4.74 Å². The van der Waals surface area contributed by atoms with Crippen LogP contribution < -0.4 is 0 Å². The number of rotatable bonds is 4. The molecule has 0 spiro atoms. The van der Waals surface area contributed by atoms with Crippen molar-refractivity contribution in [3.05, 3.63) is 57.5 Å². The number of nitrogens with zero attached hydrogens (tertiary/aromatic N) is 1. The summed E-state index contributed by atoms with van der Waals surface area (Å²) in [6, 6.07) is 8.59. The molecule has 1 saturated heterocycles. The van der Waals surface area contributed by atoms with Crippen molar-refractivity contribution >= 4 is 17.2 Å². The quantitative estimate of drug-likeness (QED) is 0.818. The number of benzene rings is 1. The maximum Gasteiger partial charge on any atom is 0.264 e. The van der Waals surface area contributed by atoms with E-state index in [1.807, 2.05) is 23.4 Å². The molecule has 2 heterocycles. The third-order valence-corrected chi connectivity index (χ3v) is 5.63. The largest absolute Gasteiger partial charge is 0.373 e. The van der Waals surface area contributed by atoms with Crippen molar-refractivity contribution in [3.8, 4) is 0 Å². The first-order chi connectivity index (χ1) is 11.6. The van der Waals surface area contributed by atoms with Crippen LogP contribution in [0.5, 0.6) is 0 Å². The molecule has 0 bridgehead atoms. The van der Waals surface area contributed by atoms with Gasteiger partial charge in [0.25, 0.3) is 5.91 Å². The minimum absolute atomic E-state index is 0.0893. The number of hydrogen-bond acceptors (Lipinski definition) is 3. The molecule has 0 N–H and O–H groups in total. The van der Waals surface area contributed by atoms with Crippen molar-refractivity contribution < 1.29 is 13.9 Å². The second-order valence-corrected chi connectivity index (χ2v) is 7.05. The lowest BCUT2D eigenvalue weighted by molar-refractivity contribution is -0.0196. The molecule has 2 unspecified atom stereocenters. The number of carbonyl (C=O) groups excluding carboxylic acids is 1. The van der Waals surface area contributed by atoms with Crippen molar-refractivity contribution in [3.63, 3.8) is 0 Å². The van der Waals surface area contributed by atoms with Gasteiger partial charge in [0.1, 0.15) is 5.82 Å². The fourth-order valence-corrected chi connectivity index (χ4v) is 4.15. The van der Waals surface area contributed by atoms with Gasteiger partial charge in [-0.1, -0.05) is 19.1 Å². The van der Waals surface area contributed by atoms with Crippen LogP contribution in [0.4, 0.5) is 4.39 Å². The molecule has 5 heteroatoms. The highest BCUT2D eigenvalue weighted by Crippen LogP contribution is 2.31. The molecule has 2 aromatic rings. The summed E-state index contributed by atoms with van der Waals surface area (Å²) in [6.07, 6.45) is 2.34. The molecule has 1 aliphatic heterocycles. The summed E-state index contributed by atoms with van der Waals surface area (Å²) in [7, 11) is 1.87. The van der Waals surface area contributed by atoms with E-state index in [1.54, 1.807) is 12.1 Å². The average Bonchev–Trinajstić information content (AvgIpc) is 3.10. The molecular weight excluding hydrogens is 325 g/mol. The van der Waals surface area contributed by atoms with Gasteiger partial charge in [-0.05, 0) is 54.0 Å². The predicted octanol–water partition coefficient (Wildman–Crippen LogP) is 4.44. The van der Waals surface area contributed by atoms with E-state index < -0.39 is 0 Å². The van der Waals surface area contributed by atoms with Gasteiger partial charge in [-0.3, -0.25) is 4.79 Å². The van der Waals surface area contributed by atoms with Crippen molar-refractivity contribution in [2.75, 3.05) is 13.7 Å². The topological polar surface area (TPSA) is 29.5 Å². The van der Waals surface area contributed by atoms with E-state index in [2.05, 4.69) is 6.92 Å². The van der Waals surface area contributed by atoms with E-state index in [0.717, 1.165) is 35.3 Å². The standard InChI is InChI=1S/C19H22FNO2S/c1-3-13-9-11-24-18(13)19(22)21(2)16-8-10-23-17(12-16)14-4-6-15(20)7-5-14/h4-7,9,11,16-17H,3,8,10,12H2,1-2H3. The van der Waals surface area contributed by atoms with Crippen LogP contribution in [-0.2, 0) is 11.2 Å². The maximum absolute atomic E-state index is 13.1. The van der Waals surface area contributed by atoms with Crippen LogP contribution in [0.3, 0.4) is 0 Å². The van der Waals surface area contributed by atoms with Gasteiger partial charge in [0, 0.05) is 19.7 Å². The zero-order valence-corrected chi connectivity index (χ0v) is 14.8. The minimum Gasteiger partial charge on any atom is -0.373 e. The monoisotopic (exact) mass is 347 g/mol. The Bertz CT molecular complexity index is 698. The lowest BCUT2D eigenvalue weighted by Gasteiger charge is -2.35. The lowest BCUT2D eigenvalue weighted by Crippen LogP contribution is -2.41. The van der Waals surface area contributed by atoms with Crippen LogP contribution in [0.25, 0.3) is 0 Å². The van der Waals surface area contributed by atoms with Gasteiger partial charge in [-0.2, -0.15) is 0 Å². The average molecular weight is 347 g/mol. The van der Waals surface area contributed by atoms with Crippen LogP contribution in [0.2, 0.25) is 0 Å². The molecular formula is C19H22FNO2S. The number of aryl methyl sites for hydroxylation is 1. The highest BCUT2D eigenvalue weighted by atomic mass is 32.1. The molecule has 0 radical (unpaired) electrons. The van der Waals surface area contributed by atoms with Crippen LogP contribution in [0.1, 0.15) is 46.7 Å². The Morgan fingerprint density at radius 3 is 2.79 bits per heavy atom. The Balaban J connectivity index is 1.72. The Morgan fingerprint density at radius 1 is 1.33 bits per heavy atom. The lowest BCUT2D eigenvalue weighted by atomic mass is 9.96. The molecule has 1 amide bonds. The van der Waals surface area contributed by atoms with E-state index in [9.17, 15) is 9.18 Å². The van der Waals surface area contributed by atoms with Gasteiger partial charge in [0.15, 0.2) is 0 Å². The number of hydrogen-bond donors (Lipinski definition) is 0. The second-order valence-electron chi connectivity index (χ2n) is 6.13. The summed E-state index contributed by atoms with van der Waals surface area (Å²) >= 11 is 1.51. The number of thiophene rings is 1. The number of ether oxygens (including phenoxy) is 1. The number of carbonyl (C=O) groups is 1. The normalized spacial score (nSPS) is 20.8. The Hall–Kier alpha value is -1.72. The Morgan fingerprint density at radius 2 is 2.08 bits per heavy atom. The van der Waals surface area contributed by atoms with Gasteiger partial charge in [0.2, 0.25) is 0 Å². The third-order valence-electron chi connectivity index (χ3n) is 4.69. The summed E-state index contributed by atoms with van der Waals surface area (Å²) in [6.45, 7) is 2.67. The molecule has 0 saturated carbocycles. The predicted molar refractivity (Wildman–Crippen MR) is 93.9 cm³/mol. The van der Waals surface area contributed by atoms with Gasteiger partial charge in [0.05, 0.1) is 11.0 Å². The SMILES string of the molecule is CCc1ccsc1C(=O)N(C)C1CCOC(c2ccc(F)cc2)C1. The number of halogens is 1. The van der Waals surface area contributed by atoms with Crippen molar-refractivity contribution in [2.45, 2.75) is 38.3 Å². The van der Waals surface area contributed by atoms with Gasteiger partial charge >= 0.3 is 0 Å². The maximum atomic E-state index is 13.1. The summed E-state index contributed by atoms with van der Waals surface area (Å²) in [4.78, 5) is 15.5. The molecule has 24 heavy (non-hydrogen) atoms. The van der Waals surface area contributed by atoms with E-state index >= 15 is 0 Å². The molecule has 3 nitrogen and oxygen atoms in total. The summed E-state index contributed by atoms with van der Waals surface area (Å²) in [5.41, 5.74) is 2.08. The van der Waals surface area contributed by atoms with Gasteiger partial charge in [-0.15, -0.1) is 11.3 Å². The molecule has 128 valence electrons. The van der Waals surface area contributed by atoms with Crippen LogP contribution in [-0.4, -0.2) is 30.5 Å². The van der Waals surface area contributed by atoms with Crippen LogP contribution in [0.15, 0.2) is 35.7 Å². The first kappa shape index (κ1) is 17.1. The highest BCUT2D eigenvalue weighted by Gasteiger charge is 2.30. The molecule has 1 aliphatic rings. The van der Waals surface area contributed by atoms with E-state index in [-0.39, 0.29) is 23.9 Å². The third kappa shape index (κ3) is 3.52. The van der Waals surface area contributed by atoms with Crippen molar-refractivity contribution in [1.29, 1.82) is 0 Å². The molecule has 3 rings (SSSR count). The molecule has 2 atom stereocenters. The highest BCUT2D eigenvalue weighted by molar-refractivity contribution is 7.12. The Labute approximate surface area is 146 Å². The summed E-state index contributed by atoms with van der Waals surface area (Å²) in [5, 5.41) is 1.98. The van der Waals surface area contributed by atoms with E-state index in [1.165, 1.54) is 23.5 Å². The second kappa shape index (κ2) is 7.45. The number of amides is 1. The molecule has 1 aromatic heterocycles. The van der Waals surface area contributed by atoms with Crippen LogP contribution >= 0.6 is 11.3 Å². The summed E-state index contributed by atoms with van der Waals surface area (Å²) in [5.74, 6) is -0.158. The zero-order chi connectivity index (χ0) is 17.1. The molecule has 1 fully saturated rings. The molecule has 0 aliphatic carbocycles. The first-order valence-corrected chi connectivity index (χ1v) is 9.18. The zero-order valence-electron chi connectivity index (χ0n) is 14.0. The fourth-order valence-electron chi connectivity index (χ4n) is 3.17.